The summed E-state index contributed by atoms with van der Waals surface area (Å²) < 4.78 is 5.87. The van der Waals surface area contributed by atoms with Crippen molar-refractivity contribution < 1.29 is 4.74 Å². The third kappa shape index (κ3) is 3.80. The van der Waals surface area contributed by atoms with E-state index in [9.17, 15) is 0 Å². The maximum atomic E-state index is 5.87. The molecule has 1 aromatic heterocycles. The molecule has 0 saturated carbocycles. The standard InChI is InChI=1S/C16H20N2O/c1-12-4-7-14(8-5-12)11-19-16-9-6-13(2)18-15(16)10-17-3/h4-9,17H,10-11H2,1-3H3. The largest absolute Gasteiger partial charge is 0.487 e. The zero-order valence-electron chi connectivity index (χ0n) is 11.7. The molecule has 0 radical (unpaired) electrons. The second-order valence-electron chi connectivity index (χ2n) is 4.70. The molecule has 0 bridgehead atoms. The van der Waals surface area contributed by atoms with E-state index in [2.05, 4.69) is 41.5 Å². The Morgan fingerprint density at radius 3 is 2.47 bits per heavy atom. The van der Waals surface area contributed by atoms with Crippen LogP contribution in [0, 0.1) is 13.8 Å². The maximum absolute atomic E-state index is 5.87. The van der Waals surface area contributed by atoms with Crippen molar-refractivity contribution in [3.8, 4) is 5.75 Å². The van der Waals surface area contributed by atoms with Gasteiger partial charge in [-0.15, -0.1) is 0 Å². The molecule has 1 N–H and O–H groups in total. The average molecular weight is 256 g/mol. The zero-order valence-corrected chi connectivity index (χ0v) is 11.7. The quantitative estimate of drug-likeness (QED) is 0.893. The minimum Gasteiger partial charge on any atom is -0.487 e. The van der Waals surface area contributed by atoms with Crippen LogP contribution in [0.15, 0.2) is 36.4 Å². The molecule has 0 aliphatic carbocycles. The molecule has 0 amide bonds. The first-order valence-electron chi connectivity index (χ1n) is 6.48. The third-order valence-electron chi connectivity index (χ3n) is 2.93. The minimum absolute atomic E-state index is 0.571. The lowest BCUT2D eigenvalue weighted by Gasteiger charge is -2.11. The van der Waals surface area contributed by atoms with E-state index in [1.165, 1.54) is 11.1 Å². The van der Waals surface area contributed by atoms with Crippen molar-refractivity contribution in [2.45, 2.75) is 27.0 Å². The molecule has 0 aliphatic rings. The van der Waals surface area contributed by atoms with Crippen LogP contribution in [0.3, 0.4) is 0 Å². The van der Waals surface area contributed by atoms with Crippen molar-refractivity contribution in [2.24, 2.45) is 0 Å². The number of aryl methyl sites for hydroxylation is 2. The summed E-state index contributed by atoms with van der Waals surface area (Å²) in [6.07, 6.45) is 0. The molecule has 3 nitrogen and oxygen atoms in total. The fraction of sp³-hybridized carbons (Fsp3) is 0.312. The summed E-state index contributed by atoms with van der Waals surface area (Å²) in [4.78, 5) is 4.50. The fourth-order valence-corrected chi connectivity index (χ4v) is 1.87. The summed E-state index contributed by atoms with van der Waals surface area (Å²) in [5.41, 5.74) is 4.39. The Labute approximate surface area is 114 Å². The van der Waals surface area contributed by atoms with Gasteiger partial charge >= 0.3 is 0 Å². The van der Waals surface area contributed by atoms with E-state index in [4.69, 9.17) is 4.74 Å². The van der Waals surface area contributed by atoms with E-state index in [0.717, 1.165) is 17.1 Å². The first-order valence-corrected chi connectivity index (χ1v) is 6.48. The number of ether oxygens (including phenoxy) is 1. The molecule has 2 rings (SSSR count). The average Bonchev–Trinajstić information content (AvgIpc) is 2.40. The Bertz CT molecular complexity index is 535. The smallest absolute Gasteiger partial charge is 0.142 e. The third-order valence-corrected chi connectivity index (χ3v) is 2.93. The number of nitrogens with zero attached hydrogens (tertiary/aromatic N) is 1. The van der Waals surface area contributed by atoms with Crippen LogP contribution in [0.25, 0.3) is 0 Å². The fourth-order valence-electron chi connectivity index (χ4n) is 1.87. The van der Waals surface area contributed by atoms with Crippen LogP contribution >= 0.6 is 0 Å². The Morgan fingerprint density at radius 2 is 1.79 bits per heavy atom. The summed E-state index contributed by atoms with van der Waals surface area (Å²) in [6, 6.07) is 12.3. The van der Waals surface area contributed by atoms with Crippen LogP contribution < -0.4 is 10.1 Å². The lowest BCUT2D eigenvalue weighted by atomic mass is 10.2. The Balaban J connectivity index is 2.08. The van der Waals surface area contributed by atoms with Crippen LogP contribution in [0.4, 0.5) is 0 Å². The molecule has 1 aromatic carbocycles. The lowest BCUT2D eigenvalue weighted by Crippen LogP contribution is -2.10. The number of rotatable bonds is 5. The van der Waals surface area contributed by atoms with E-state index < -0.39 is 0 Å². The number of aromatic nitrogens is 1. The Kier molecular flexibility index (Phi) is 4.53. The number of pyridine rings is 1. The predicted molar refractivity (Wildman–Crippen MR) is 77.2 cm³/mol. The summed E-state index contributed by atoms with van der Waals surface area (Å²) in [7, 11) is 1.91. The van der Waals surface area contributed by atoms with Crippen molar-refractivity contribution >= 4 is 0 Å². The SMILES string of the molecule is CNCc1nc(C)ccc1OCc1ccc(C)cc1. The number of benzene rings is 1. The molecule has 0 unspecified atom stereocenters. The van der Waals surface area contributed by atoms with Crippen LogP contribution in [-0.2, 0) is 13.2 Å². The van der Waals surface area contributed by atoms with Crippen LogP contribution in [0.2, 0.25) is 0 Å². The number of nitrogens with one attached hydrogen (secondary N) is 1. The molecule has 2 aromatic rings. The van der Waals surface area contributed by atoms with E-state index in [0.29, 0.717) is 13.2 Å². The minimum atomic E-state index is 0.571. The zero-order chi connectivity index (χ0) is 13.7. The van der Waals surface area contributed by atoms with Gasteiger partial charge in [-0.05, 0) is 38.6 Å². The second kappa shape index (κ2) is 6.34. The van der Waals surface area contributed by atoms with Crippen molar-refractivity contribution in [1.82, 2.24) is 10.3 Å². The molecule has 0 spiro atoms. The van der Waals surface area contributed by atoms with Crippen LogP contribution in [-0.4, -0.2) is 12.0 Å². The van der Waals surface area contributed by atoms with Gasteiger partial charge in [0.2, 0.25) is 0 Å². The highest BCUT2D eigenvalue weighted by Gasteiger charge is 2.05. The highest BCUT2D eigenvalue weighted by Crippen LogP contribution is 2.18. The lowest BCUT2D eigenvalue weighted by molar-refractivity contribution is 0.300. The molecule has 0 aliphatic heterocycles. The van der Waals surface area contributed by atoms with E-state index in [1.807, 2.05) is 26.1 Å². The van der Waals surface area contributed by atoms with E-state index in [1.54, 1.807) is 0 Å². The van der Waals surface area contributed by atoms with Crippen LogP contribution in [0.1, 0.15) is 22.5 Å². The van der Waals surface area contributed by atoms with Crippen molar-refractivity contribution in [1.29, 1.82) is 0 Å². The van der Waals surface area contributed by atoms with Crippen LogP contribution in [0.5, 0.6) is 5.75 Å². The first-order chi connectivity index (χ1) is 9.19. The summed E-state index contributed by atoms with van der Waals surface area (Å²) >= 11 is 0. The van der Waals surface area contributed by atoms with Crippen molar-refractivity contribution in [3.05, 3.63) is 58.9 Å². The van der Waals surface area contributed by atoms with Crippen molar-refractivity contribution in [2.75, 3.05) is 7.05 Å². The van der Waals surface area contributed by atoms with Gasteiger partial charge in [-0.2, -0.15) is 0 Å². The molecule has 3 heteroatoms. The highest BCUT2D eigenvalue weighted by molar-refractivity contribution is 5.30. The van der Waals surface area contributed by atoms with Crippen molar-refractivity contribution in [3.63, 3.8) is 0 Å². The molecule has 0 fully saturated rings. The van der Waals surface area contributed by atoms with Gasteiger partial charge in [0.05, 0.1) is 5.69 Å². The summed E-state index contributed by atoms with van der Waals surface area (Å²) in [5, 5.41) is 3.11. The highest BCUT2D eigenvalue weighted by atomic mass is 16.5. The predicted octanol–water partition coefficient (Wildman–Crippen LogP) is 3.00. The van der Waals surface area contributed by atoms with Gasteiger partial charge in [-0.25, -0.2) is 0 Å². The second-order valence-corrected chi connectivity index (χ2v) is 4.70. The monoisotopic (exact) mass is 256 g/mol. The summed E-state index contributed by atoms with van der Waals surface area (Å²) in [6.45, 7) is 5.36. The molecule has 19 heavy (non-hydrogen) atoms. The molecule has 0 atom stereocenters. The maximum Gasteiger partial charge on any atom is 0.142 e. The molecular weight excluding hydrogens is 236 g/mol. The number of hydrogen-bond donors (Lipinski definition) is 1. The Morgan fingerprint density at radius 1 is 1.05 bits per heavy atom. The summed E-state index contributed by atoms with van der Waals surface area (Å²) in [5.74, 6) is 0.848. The van der Waals surface area contributed by atoms with E-state index >= 15 is 0 Å². The van der Waals surface area contributed by atoms with Gasteiger partial charge in [-0.1, -0.05) is 29.8 Å². The van der Waals surface area contributed by atoms with Gasteiger partial charge in [0, 0.05) is 12.2 Å². The van der Waals surface area contributed by atoms with Gasteiger partial charge in [0.15, 0.2) is 0 Å². The topological polar surface area (TPSA) is 34.2 Å². The molecule has 1 heterocycles. The van der Waals surface area contributed by atoms with Gasteiger partial charge < -0.3 is 10.1 Å². The normalized spacial score (nSPS) is 10.5. The number of hydrogen-bond acceptors (Lipinski definition) is 3. The van der Waals surface area contributed by atoms with Gasteiger partial charge in [0.1, 0.15) is 12.4 Å². The first kappa shape index (κ1) is 13.6. The molecular formula is C16H20N2O. The molecule has 100 valence electrons. The van der Waals surface area contributed by atoms with Gasteiger partial charge in [-0.3, -0.25) is 4.98 Å². The van der Waals surface area contributed by atoms with Gasteiger partial charge in [0.25, 0.3) is 0 Å². The molecule has 0 saturated heterocycles. The Hall–Kier alpha value is -1.87. The van der Waals surface area contributed by atoms with E-state index in [-0.39, 0.29) is 0 Å².